The van der Waals surface area contributed by atoms with Gasteiger partial charge in [0.2, 0.25) is 5.88 Å². The van der Waals surface area contributed by atoms with E-state index in [-0.39, 0.29) is 33.8 Å². The summed E-state index contributed by atoms with van der Waals surface area (Å²) in [6.07, 6.45) is 0.442. The molecule has 130 valence electrons. The molecular weight excluding hydrogens is 344 g/mol. The van der Waals surface area contributed by atoms with Crippen molar-refractivity contribution in [3.05, 3.63) is 61.9 Å². The largest absolute Gasteiger partial charge is 0.494 e. The van der Waals surface area contributed by atoms with Crippen LogP contribution in [0.15, 0.2) is 29.1 Å². The van der Waals surface area contributed by atoms with E-state index >= 15 is 0 Å². The van der Waals surface area contributed by atoms with Gasteiger partial charge in [0, 0.05) is 25.8 Å². The van der Waals surface area contributed by atoms with E-state index in [1.54, 1.807) is 18.2 Å². The molecule has 0 bridgehead atoms. The summed E-state index contributed by atoms with van der Waals surface area (Å²) in [6, 6.07) is 8.23. The molecule has 6 nitrogen and oxygen atoms in total. The number of methoxy groups -OCH3 is 1. The SMILES string of the molecule is COCCCn1c(O)c(C(=O)c2ccccc2Cl)c(C)c(C#N)c1=O. The maximum atomic E-state index is 12.9. The first-order chi connectivity index (χ1) is 11.9. The van der Waals surface area contributed by atoms with Crippen LogP contribution in [-0.4, -0.2) is 29.2 Å². The molecule has 1 aromatic heterocycles. The molecule has 0 unspecified atom stereocenters. The van der Waals surface area contributed by atoms with Crippen LogP contribution in [0.25, 0.3) is 0 Å². The highest BCUT2D eigenvalue weighted by atomic mass is 35.5. The normalized spacial score (nSPS) is 10.5. The Morgan fingerprint density at radius 1 is 1.40 bits per heavy atom. The number of hydrogen-bond acceptors (Lipinski definition) is 5. The smallest absolute Gasteiger partial charge is 0.271 e. The molecule has 0 radical (unpaired) electrons. The lowest BCUT2D eigenvalue weighted by Crippen LogP contribution is -2.27. The van der Waals surface area contributed by atoms with Gasteiger partial charge in [-0.1, -0.05) is 23.7 Å². The zero-order valence-electron chi connectivity index (χ0n) is 13.9. The Labute approximate surface area is 149 Å². The van der Waals surface area contributed by atoms with E-state index in [2.05, 4.69) is 0 Å². The van der Waals surface area contributed by atoms with E-state index in [4.69, 9.17) is 16.3 Å². The molecule has 0 atom stereocenters. The third-order valence-electron chi connectivity index (χ3n) is 3.88. The zero-order chi connectivity index (χ0) is 18.6. The van der Waals surface area contributed by atoms with Gasteiger partial charge in [0.25, 0.3) is 5.56 Å². The van der Waals surface area contributed by atoms with Crippen molar-refractivity contribution in [1.82, 2.24) is 4.57 Å². The highest BCUT2D eigenvalue weighted by molar-refractivity contribution is 6.35. The molecule has 0 aliphatic heterocycles. The molecule has 25 heavy (non-hydrogen) atoms. The number of aromatic hydroxyl groups is 1. The molecule has 2 aromatic rings. The van der Waals surface area contributed by atoms with Gasteiger partial charge in [0.15, 0.2) is 5.78 Å². The molecule has 0 saturated heterocycles. The predicted molar refractivity (Wildman–Crippen MR) is 93.2 cm³/mol. The van der Waals surface area contributed by atoms with Crippen LogP contribution in [0.4, 0.5) is 0 Å². The molecule has 1 aromatic carbocycles. The van der Waals surface area contributed by atoms with Gasteiger partial charge in [-0.2, -0.15) is 5.26 Å². The van der Waals surface area contributed by atoms with E-state index in [9.17, 15) is 20.0 Å². The van der Waals surface area contributed by atoms with Crippen LogP contribution in [0.5, 0.6) is 5.88 Å². The lowest BCUT2D eigenvalue weighted by Gasteiger charge is -2.15. The Kier molecular flexibility index (Phi) is 5.97. The summed E-state index contributed by atoms with van der Waals surface area (Å²) >= 11 is 6.07. The van der Waals surface area contributed by atoms with Crippen LogP contribution in [0.1, 0.15) is 33.5 Å². The van der Waals surface area contributed by atoms with E-state index in [1.807, 2.05) is 6.07 Å². The van der Waals surface area contributed by atoms with Crippen LogP contribution < -0.4 is 5.56 Å². The van der Waals surface area contributed by atoms with Crippen molar-refractivity contribution in [3.8, 4) is 11.9 Å². The summed E-state index contributed by atoms with van der Waals surface area (Å²) in [7, 11) is 1.52. The molecule has 0 spiro atoms. The summed E-state index contributed by atoms with van der Waals surface area (Å²) in [4.78, 5) is 25.3. The number of benzene rings is 1. The summed E-state index contributed by atoms with van der Waals surface area (Å²) in [5.41, 5.74) is -0.581. The van der Waals surface area contributed by atoms with Gasteiger partial charge in [0.05, 0.1) is 10.6 Å². The van der Waals surface area contributed by atoms with Crippen LogP contribution in [0.3, 0.4) is 0 Å². The number of halogens is 1. The number of carbonyl (C=O) groups is 1. The fourth-order valence-electron chi connectivity index (χ4n) is 2.58. The van der Waals surface area contributed by atoms with Gasteiger partial charge < -0.3 is 9.84 Å². The first-order valence-corrected chi connectivity index (χ1v) is 7.96. The topological polar surface area (TPSA) is 92.3 Å². The maximum Gasteiger partial charge on any atom is 0.271 e. The number of carbonyl (C=O) groups excluding carboxylic acids is 1. The van der Waals surface area contributed by atoms with Crippen molar-refractivity contribution in [2.45, 2.75) is 19.9 Å². The first-order valence-electron chi connectivity index (χ1n) is 7.58. The number of aromatic nitrogens is 1. The second-order valence-corrected chi connectivity index (χ2v) is 5.83. The summed E-state index contributed by atoms with van der Waals surface area (Å²) in [6.45, 7) is 1.95. The molecule has 1 N–H and O–H groups in total. The fourth-order valence-corrected chi connectivity index (χ4v) is 2.80. The third kappa shape index (κ3) is 3.58. The Morgan fingerprint density at radius 2 is 2.08 bits per heavy atom. The van der Waals surface area contributed by atoms with Crippen molar-refractivity contribution in [2.75, 3.05) is 13.7 Å². The molecule has 0 fully saturated rings. The van der Waals surface area contributed by atoms with E-state index in [0.29, 0.717) is 13.0 Å². The number of pyridine rings is 1. The highest BCUT2D eigenvalue weighted by Gasteiger charge is 2.25. The first kappa shape index (κ1) is 18.7. The third-order valence-corrected chi connectivity index (χ3v) is 4.21. The Balaban J connectivity index is 2.67. The molecule has 2 rings (SSSR count). The van der Waals surface area contributed by atoms with E-state index in [0.717, 1.165) is 4.57 Å². The molecule has 0 saturated carbocycles. The average molecular weight is 361 g/mol. The standard InChI is InChI=1S/C18H17ClN2O4/c1-11-13(10-20)17(23)21(8-5-9-25-2)18(24)15(11)16(22)12-6-3-4-7-14(12)19/h3-4,6-7,24H,5,8-9H2,1-2H3. The van der Waals surface area contributed by atoms with Gasteiger partial charge >= 0.3 is 0 Å². The second-order valence-electron chi connectivity index (χ2n) is 5.42. The van der Waals surface area contributed by atoms with Crippen LogP contribution in [0, 0.1) is 18.3 Å². The summed E-state index contributed by atoms with van der Waals surface area (Å²) < 4.78 is 5.96. The monoisotopic (exact) mass is 360 g/mol. The van der Waals surface area contributed by atoms with Gasteiger partial charge in [-0.15, -0.1) is 0 Å². The predicted octanol–water partition coefficient (Wildman–Crippen LogP) is 2.65. The maximum absolute atomic E-state index is 12.9. The lowest BCUT2D eigenvalue weighted by atomic mass is 9.97. The van der Waals surface area contributed by atoms with Crippen molar-refractivity contribution < 1.29 is 14.6 Å². The number of hydrogen-bond donors (Lipinski definition) is 1. The van der Waals surface area contributed by atoms with E-state index < -0.39 is 17.2 Å². The number of nitriles is 1. The van der Waals surface area contributed by atoms with Crippen molar-refractivity contribution in [1.29, 1.82) is 5.26 Å². The number of rotatable bonds is 6. The van der Waals surface area contributed by atoms with Gasteiger partial charge in [-0.25, -0.2) is 0 Å². The molecule has 7 heteroatoms. The molecule has 0 aliphatic rings. The van der Waals surface area contributed by atoms with Gasteiger partial charge in [0.1, 0.15) is 11.6 Å². The van der Waals surface area contributed by atoms with Gasteiger partial charge in [-0.3, -0.25) is 14.2 Å². The summed E-state index contributed by atoms with van der Waals surface area (Å²) in [5, 5.41) is 20.1. The van der Waals surface area contributed by atoms with Crippen LogP contribution >= 0.6 is 11.6 Å². The lowest BCUT2D eigenvalue weighted by molar-refractivity contribution is 0.103. The second kappa shape index (κ2) is 7.97. The fraction of sp³-hybridized carbons (Fsp3) is 0.278. The van der Waals surface area contributed by atoms with Crippen LogP contribution in [-0.2, 0) is 11.3 Å². The minimum absolute atomic E-state index is 0.0957. The Hall–Kier alpha value is -2.62. The van der Waals surface area contributed by atoms with Crippen molar-refractivity contribution >= 4 is 17.4 Å². The highest BCUT2D eigenvalue weighted by Crippen LogP contribution is 2.27. The summed E-state index contributed by atoms with van der Waals surface area (Å²) in [5.74, 6) is -1.01. The number of nitrogens with zero attached hydrogens (tertiary/aromatic N) is 2. The number of ketones is 1. The molecule has 0 amide bonds. The number of ether oxygens (including phenoxy) is 1. The van der Waals surface area contributed by atoms with Crippen molar-refractivity contribution in [2.24, 2.45) is 0 Å². The Bertz CT molecular complexity index is 913. The van der Waals surface area contributed by atoms with E-state index in [1.165, 1.54) is 20.1 Å². The molecular formula is C18H17ClN2O4. The molecule has 1 heterocycles. The van der Waals surface area contributed by atoms with Crippen molar-refractivity contribution in [3.63, 3.8) is 0 Å². The van der Waals surface area contributed by atoms with Crippen LogP contribution in [0.2, 0.25) is 5.02 Å². The van der Waals surface area contributed by atoms with Gasteiger partial charge in [-0.05, 0) is 31.0 Å². The minimum Gasteiger partial charge on any atom is -0.494 e. The minimum atomic E-state index is -0.635. The Morgan fingerprint density at radius 3 is 2.68 bits per heavy atom. The average Bonchev–Trinajstić information content (AvgIpc) is 2.58. The molecule has 0 aliphatic carbocycles. The zero-order valence-corrected chi connectivity index (χ0v) is 14.6. The quantitative estimate of drug-likeness (QED) is 0.631.